The highest BCUT2D eigenvalue weighted by Gasteiger charge is 2.12. The first-order chi connectivity index (χ1) is 8.15. The summed E-state index contributed by atoms with van der Waals surface area (Å²) in [6.45, 7) is 4.08. The molecular formula is C13H16N2OS. The summed E-state index contributed by atoms with van der Waals surface area (Å²) in [5, 5.41) is 5.25. The van der Waals surface area contributed by atoms with Gasteiger partial charge < -0.3 is 10.1 Å². The Morgan fingerprint density at radius 2 is 2.06 bits per heavy atom. The summed E-state index contributed by atoms with van der Waals surface area (Å²) >= 11 is 1.65. The number of methoxy groups -OCH3 is 1. The van der Waals surface area contributed by atoms with Gasteiger partial charge in [-0.05, 0) is 26.0 Å². The van der Waals surface area contributed by atoms with Crippen LogP contribution >= 0.6 is 11.3 Å². The van der Waals surface area contributed by atoms with E-state index in [4.69, 9.17) is 4.74 Å². The zero-order valence-corrected chi connectivity index (χ0v) is 11.3. The van der Waals surface area contributed by atoms with Gasteiger partial charge in [-0.25, -0.2) is 4.98 Å². The standard InChI is InChI=1S/C13H16N2OS/c1-8-5-6-11(16-4)10(7-8)13-15-9(2)12(14-3)17-13/h5-7,14H,1-4H3. The second kappa shape index (κ2) is 4.75. The van der Waals surface area contributed by atoms with E-state index in [2.05, 4.69) is 23.3 Å². The van der Waals surface area contributed by atoms with E-state index in [1.807, 2.05) is 26.1 Å². The SMILES string of the molecule is CNc1sc(-c2cc(C)ccc2OC)nc1C. The molecule has 1 heterocycles. The number of benzene rings is 1. The summed E-state index contributed by atoms with van der Waals surface area (Å²) in [7, 11) is 3.60. The maximum Gasteiger partial charge on any atom is 0.129 e. The summed E-state index contributed by atoms with van der Waals surface area (Å²) in [6, 6.07) is 6.14. The average molecular weight is 248 g/mol. The van der Waals surface area contributed by atoms with Crippen LogP contribution in [-0.2, 0) is 0 Å². The molecule has 1 aromatic carbocycles. The highest BCUT2D eigenvalue weighted by Crippen LogP contribution is 2.36. The van der Waals surface area contributed by atoms with Crippen molar-refractivity contribution in [3.63, 3.8) is 0 Å². The van der Waals surface area contributed by atoms with Crippen molar-refractivity contribution in [2.24, 2.45) is 0 Å². The number of rotatable bonds is 3. The lowest BCUT2D eigenvalue weighted by atomic mass is 10.1. The van der Waals surface area contributed by atoms with Crippen molar-refractivity contribution in [3.05, 3.63) is 29.5 Å². The van der Waals surface area contributed by atoms with Crippen molar-refractivity contribution < 1.29 is 4.74 Å². The van der Waals surface area contributed by atoms with Crippen molar-refractivity contribution in [2.75, 3.05) is 19.5 Å². The maximum absolute atomic E-state index is 5.38. The van der Waals surface area contributed by atoms with Crippen LogP contribution in [0.3, 0.4) is 0 Å². The third-order valence-corrected chi connectivity index (χ3v) is 3.82. The number of ether oxygens (including phenoxy) is 1. The number of aryl methyl sites for hydroxylation is 2. The van der Waals surface area contributed by atoms with E-state index in [0.717, 1.165) is 27.0 Å². The number of thiazole rings is 1. The molecule has 2 rings (SSSR count). The Morgan fingerprint density at radius 3 is 2.65 bits per heavy atom. The Morgan fingerprint density at radius 1 is 1.29 bits per heavy atom. The summed E-state index contributed by atoms with van der Waals surface area (Å²) in [6.07, 6.45) is 0. The van der Waals surface area contributed by atoms with Gasteiger partial charge in [0.25, 0.3) is 0 Å². The minimum atomic E-state index is 0.868. The minimum absolute atomic E-state index is 0.868. The fourth-order valence-corrected chi connectivity index (χ4v) is 2.67. The smallest absolute Gasteiger partial charge is 0.129 e. The number of hydrogen-bond donors (Lipinski definition) is 1. The molecule has 0 atom stereocenters. The molecule has 0 saturated carbocycles. The van der Waals surface area contributed by atoms with Crippen LogP contribution in [0.5, 0.6) is 5.75 Å². The largest absolute Gasteiger partial charge is 0.496 e. The van der Waals surface area contributed by atoms with Gasteiger partial charge in [0.05, 0.1) is 18.4 Å². The third kappa shape index (κ3) is 2.26. The van der Waals surface area contributed by atoms with Gasteiger partial charge >= 0.3 is 0 Å². The normalized spacial score (nSPS) is 10.4. The number of aromatic nitrogens is 1. The molecule has 0 radical (unpaired) electrons. The van der Waals surface area contributed by atoms with Crippen LogP contribution in [0.15, 0.2) is 18.2 Å². The number of anilines is 1. The van der Waals surface area contributed by atoms with E-state index in [1.165, 1.54) is 5.56 Å². The molecule has 0 saturated heterocycles. The zero-order chi connectivity index (χ0) is 12.4. The minimum Gasteiger partial charge on any atom is -0.496 e. The molecular weight excluding hydrogens is 232 g/mol. The molecule has 0 bridgehead atoms. The fourth-order valence-electron chi connectivity index (χ4n) is 1.73. The molecule has 90 valence electrons. The second-order valence-corrected chi connectivity index (χ2v) is 4.89. The monoisotopic (exact) mass is 248 g/mol. The lowest BCUT2D eigenvalue weighted by molar-refractivity contribution is 0.416. The summed E-state index contributed by atoms with van der Waals surface area (Å²) in [4.78, 5) is 4.58. The average Bonchev–Trinajstić information content (AvgIpc) is 2.70. The first-order valence-electron chi connectivity index (χ1n) is 5.46. The first kappa shape index (κ1) is 11.9. The van der Waals surface area contributed by atoms with Crippen LogP contribution in [0.25, 0.3) is 10.6 Å². The Hall–Kier alpha value is -1.55. The Labute approximate surface area is 105 Å². The Bertz CT molecular complexity index is 534. The molecule has 1 aromatic heterocycles. The molecule has 17 heavy (non-hydrogen) atoms. The van der Waals surface area contributed by atoms with Crippen LogP contribution in [0.1, 0.15) is 11.3 Å². The number of nitrogens with zero attached hydrogens (tertiary/aromatic N) is 1. The molecule has 0 aliphatic carbocycles. The van der Waals surface area contributed by atoms with E-state index < -0.39 is 0 Å². The zero-order valence-electron chi connectivity index (χ0n) is 10.5. The van der Waals surface area contributed by atoms with E-state index in [1.54, 1.807) is 18.4 Å². The molecule has 0 aliphatic rings. The maximum atomic E-state index is 5.38. The van der Waals surface area contributed by atoms with E-state index in [0.29, 0.717) is 0 Å². The lowest BCUT2D eigenvalue weighted by Gasteiger charge is -2.06. The van der Waals surface area contributed by atoms with Gasteiger partial charge in [0.15, 0.2) is 0 Å². The molecule has 0 aliphatic heterocycles. The first-order valence-corrected chi connectivity index (χ1v) is 6.27. The topological polar surface area (TPSA) is 34.1 Å². The summed E-state index contributed by atoms with van der Waals surface area (Å²) in [5.41, 5.74) is 3.29. The van der Waals surface area contributed by atoms with Crippen LogP contribution in [0, 0.1) is 13.8 Å². The molecule has 4 heteroatoms. The summed E-state index contributed by atoms with van der Waals surface area (Å²) < 4.78 is 5.38. The van der Waals surface area contributed by atoms with Crippen LogP contribution in [-0.4, -0.2) is 19.1 Å². The Kier molecular flexibility index (Phi) is 3.33. The molecule has 0 unspecified atom stereocenters. The lowest BCUT2D eigenvalue weighted by Crippen LogP contribution is -1.88. The van der Waals surface area contributed by atoms with Gasteiger partial charge in [-0.2, -0.15) is 0 Å². The molecule has 0 fully saturated rings. The number of nitrogens with one attached hydrogen (secondary N) is 1. The van der Waals surface area contributed by atoms with Crippen LogP contribution < -0.4 is 10.1 Å². The Balaban J connectivity index is 2.54. The van der Waals surface area contributed by atoms with Crippen molar-refractivity contribution in [3.8, 4) is 16.3 Å². The van der Waals surface area contributed by atoms with E-state index in [9.17, 15) is 0 Å². The van der Waals surface area contributed by atoms with Gasteiger partial charge in [-0.3, -0.25) is 0 Å². The van der Waals surface area contributed by atoms with Crippen molar-refractivity contribution in [1.29, 1.82) is 0 Å². The van der Waals surface area contributed by atoms with E-state index >= 15 is 0 Å². The molecule has 2 aromatic rings. The van der Waals surface area contributed by atoms with Crippen molar-refractivity contribution in [2.45, 2.75) is 13.8 Å². The van der Waals surface area contributed by atoms with Crippen LogP contribution in [0.2, 0.25) is 0 Å². The summed E-state index contributed by atoms with van der Waals surface area (Å²) in [5.74, 6) is 0.868. The second-order valence-electron chi connectivity index (χ2n) is 3.89. The van der Waals surface area contributed by atoms with Crippen molar-refractivity contribution in [1.82, 2.24) is 4.98 Å². The van der Waals surface area contributed by atoms with Gasteiger partial charge in [-0.1, -0.05) is 23.0 Å². The molecule has 1 N–H and O–H groups in total. The van der Waals surface area contributed by atoms with Gasteiger partial charge in [0.2, 0.25) is 0 Å². The van der Waals surface area contributed by atoms with Gasteiger partial charge in [0, 0.05) is 7.05 Å². The van der Waals surface area contributed by atoms with Crippen LogP contribution in [0.4, 0.5) is 5.00 Å². The highest BCUT2D eigenvalue weighted by atomic mass is 32.1. The predicted molar refractivity (Wildman–Crippen MR) is 73.1 cm³/mol. The van der Waals surface area contributed by atoms with E-state index in [-0.39, 0.29) is 0 Å². The quantitative estimate of drug-likeness (QED) is 0.903. The van der Waals surface area contributed by atoms with Crippen molar-refractivity contribution >= 4 is 16.3 Å². The van der Waals surface area contributed by atoms with Gasteiger partial charge in [-0.15, -0.1) is 0 Å². The third-order valence-electron chi connectivity index (χ3n) is 2.61. The van der Waals surface area contributed by atoms with Gasteiger partial charge in [0.1, 0.15) is 15.8 Å². The number of hydrogen-bond acceptors (Lipinski definition) is 4. The fraction of sp³-hybridized carbons (Fsp3) is 0.308. The highest BCUT2D eigenvalue weighted by molar-refractivity contribution is 7.19. The predicted octanol–water partition coefficient (Wildman–Crippen LogP) is 3.48. The molecule has 3 nitrogen and oxygen atoms in total. The molecule has 0 amide bonds. The molecule has 0 spiro atoms.